The topological polar surface area (TPSA) is 67.9 Å². The largest absolute Gasteiger partial charge is 0.497 e. The zero-order valence-electron chi connectivity index (χ0n) is 18.5. The molecule has 4 rings (SSSR count). The van der Waals surface area contributed by atoms with Gasteiger partial charge in [0.25, 0.3) is 5.91 Å². The Hall–Kier alpha value is -3.09. The highest BCUT2D eigenvalue weighted by Gasteiger charge is 2.51. The van der Waals surface area contributed by atoms with Crippen LogP contribution in [-0.4, -0.2) is 48.6 Å². The van der Waals surface area contributed by atoms with E-state index in [1.54, 1.807) is 30.2 Å². The van der Waals surface area contributed by atoms with E-state index in [0.29, 0.717) is 37.4 Å². The van der Waals surface area contributed by atoms with E-state index in [2.05, 4.69) is 5.32 Å². The summed E-state index contributed by atoms with van der Waals surface area (Å²) in [6, 6.07) is 13.6. The van der Waals surface area contributed by atoms with Gasteiger partial charge in [0.05, 0.1) is 12.6 Å². The summed E-state index contributed by atoms with van der Waals surface area (Å²) in [7, 11) is 1.58. The van der Waals surface area contributed by atoms with Gasteiger partial charge in [0.1, 0.15) is 17.3 Å². The van der Waals surface area contributed by atoms with E-state index in [4.69, 9.17) is 9.47 Å². The zero-order valence-corrected chi connectivity index (χ0v) is 18.5. The first-order valence-corrected chi connectivity index (χ1v) is 11.1. The second-order valence-electron chi connectivity index (χ2n) is 8.58. The molecule has 1 N–H and O–H groups in total. The average molecular weight is 441 g/mol. The maximum atomic E-state index is 14.0. The molecule has 6 nitrogen and oxygen atoms in total. The summed E-state index contributed by atoms with van der Waals surface area (Å²) in [5, 5.41) is 3.15. The van der Waals surface area contributed by atoms with Gasteiger partial charge in [0.15, 0.2) is 6.10 Å². The number of carbonyl (C=O) groups excluding carboxylic acids is 2. The Balaban J connectivity index is 1.58. The number of nitrogens with zero attached hydrogens (tertiary/aromatic N) is 1. The molecule has 170 valence electrons. The third-order valence-electron chi connectivity index (χ3n) is 6.49. The van der Waals surface area contributed by atoms with Crippen LogP contribution < -0.4 is 14.8 Å². The number of nitrogens with one attached hydrogen (secondary N) is 1. The first kappa shape index (κ1) is 22.1. The van der Waals surface area contributed by atoms with Gasteiger partial charge < -0.3 is 19.7 Å². The maximum absolute atomic E-state index is 14.0. The molecule has 2 amide bonds. The minimum Gasteiger partial charge on any atom is -0.497 e. The first-order valence-electron chi connectivity index (χ1n) is 11.1. The van der Waals surface area contributed by atoms with Crippen LogP contribution in [0.5, 0.6) is 11.5 Å². The number of ether oxygens (including phenoxy) is 2. The molecule has 0 aromatic heterocycles. The molecular weight excluding hydrogens is 411 g/mol. The molecule has 0 unspecified atom stereocenters. The van der Waals surface area contributed by atoms with Gasteiger partial charge in [-0.3, -0.25) is 9.59 Å². The molecule has 2 fully saturated rings. The Kier molecular flexibility index (Phi) is 6.35. The first-order chi connectivity index (χ1) is 15.4. The van der Waals surface area contributed by atoms with E-state index in [1.807, 2.05) is 25.1 Å². The van der Waals surface area contributed by atoms with Crippen LogP contribution in [0.4, 0.5) is 4.39 Å². The third kappa shape index (κ3) is 4.42. The SMILES string of the molecule is CC[C@H](Oc1cccc(OC)c1)C(=O)N1C[C@@H](c2cccc(F)c2)[C@@]2(CCCC(=O)N2)C1. The summed E-state index contributed by atoms with van der Waals surface area (Å²) in [6.07, 6.45) is 1.80. The lowest BCUT2D eigenvalue weighted by Crippen LogP contribution is -2.56. The number of amides is 2. The Morgan fingerprint density at radius 1 is 1.25 bits per heavy atom. The number of likely N-dealkylation sites (tertiary alicyclic amines) is 1. The van der Waals surface area contributed by atoms with Crippen molar-refractivity contribution in [1.29, 1.82) is 0 Å². The van der Waals surface area contributed by atoms with Gasteiger partial charge in [-0.1, -0.05) is 25.1 Å². The van der Waals surface area contributed by atoms with Crippen molar-refractivity contribution in [3.8, 4) is 11.5 Å². The number of hydrogen-bond acceptors (Lipinski definition) is 4. The van der Waals surface area contributed by atoms with Crippen LogP contribution in [0.2, 0.25) is 0 Å². The van der Waals surface area contributed by atoms with Crippen LogP contribution in [-0.2, 0) is 9.59 Å². The number of methoxy groups -OCH3 is 1. The molecule has 0 aliphatic carbocycles. The van der Waals surface area contributed by atoms with Gasteiger partial charge in [-0.25, -0.2) is 4.39 Å². The fourth-order valence-corrected chi connectivity index (χ4v) is 4.92. The molecule has 2 aromatic carbocycles. The minimum atomic E-state index is -0.662. The van der Waals surface area contributed by atoms with Gasteiger partial charge in [0, 0.05) is 31.5 Å². The second-order valence-corrected chi connectivity index (χ2v) is 8.58. The Bertz CT molecular complexity index is 997. The highest BCUT2D eigenvalue weighted by Crippen LogP contribution is 2.42. The molecule has 7 heteroatoms. The molecular formula is C25H29FN2O4. The number of carbonyl (C=O) groups is 2. The normalized spacial score (nSPS) is 23.7. The highest BCUT2D eigenvalue weighted by atomic mass is 19.1. The monoisotopic (exact) mass is 440 g/mol. The van der Waals surface area contributed by atoms with Gasteiger partial charge in [0.2, 0.25) is 5.91 Å². The number of piperidine rings is 1. The highest BCUT2D eigenvalue weighted by molar-refractivity contribution is 5.83. The van der Waals surface area contributed by atoms with Crippen LogP contribution in [0.25, 0.3) is 0 Å². The lowest BCUT2D eigenvalue weighted by molar-refractivity contribution is -0.138. The van der Waals surface area contributed by atoms with Gasteiger partial charge in [-0.15, -0.1) is 0 Å². The van der Waals surface area contributed by atoms with E-state index in [0.717, 1.165) is 18.4 Å². The summed E-state index contributed by atoms with van der Waals surface area (Å²) in [5.74, 6) is 0.560. The molecule has 2 aliphatic heterocycles. The molecule has 32 heavy (non-hydrogen) atoms. The van der Waals surface area contributed by atoms with Crippen molar-refractivity contribution in [3.05, 3.63) is 59.9 Å². The van der Waals surface area contributed by atoms with Crippen LogP contribution in [0.15, 0.2) is 48.5 Å². The van der Waals surface area contributed by atoms with Crippen molar-refractivity contribution in [2.24, 2.45) is 0 Å². The molecule has 0 bridgehead atoms. The van der Waals surface area contributed by atoms with Crippen molar-refractivity contribution in [1.82, 2.24) is 10.2 Å². The molecule has 0 saturated carbocycles. The van der Waals surface area contributed by atoms with Crippen molar-refractivity contribution in [2.45, 2.75) is 50.2 Å². The Morgan fingerprint density at radius 2 is 2.03 bits per heavy atom. The molecule has 1 spiro atoms. The number of halogens is 1. The smallest absolute Gasteiger partial charge is 0.263 e. The van der Waals surface area contributed by atoms with Crippen LogP contribution in [0, 0.1) is 5.82 Å². The third-order valence-corrected chi connectivity index (χ3v) is 6.49. The maximum Gasteiger partial charge on any atom is 0.263 e. The summed E-state index contributed by atoms with van der Waals surface area (Å²) in [5.41, 5.74) is 0.205. The molecule has 2 saturated heterocycles. The summed E-state index contributed by atoms with van der Waals surface area (Å²) in [6.45, 7) is 2.69. The van der Waals surface area contributed by atoms with Crippen molar-refractivity contribution >= 4 is 11.8 Å². The van der Waals surface area contributed by atoms with E-state index < -0.39 is 11.6 Å². The number of hydrogen-bond donors (Lipinski definition) is 1. The van der Waals surface area contributed by atoms with Crippen LogP contribution >= 0.6 is 0 Å². The standard InChI is InChI=1S/C25H29FN2O4/c1-3-22(32-20-10-5-9-19(14-20)31-2)24(30)28-15-21(17-7-4-8-18(26)13-17)25(16-28)12-6-11-23(29)27-25/h4-5,7-10,13-14,21-22H,3,6,11-12,15-16H2,1-2H3,(H,27,29)/t21-,22-,25+/m0/s1. The fraction of sp³-hybridized carbons (Fsp3) is 0.440. The lowest BCUT2D eigenvalue weighted by atomic mass is 9.76. The Labute approximate surface area is 187 Å². The lowest BCUT2D eigenvalue weighted by Gasteiger charge is -2.39. The summed E-state index contributed by atoms with van der Waals surface area (Å²) < 4.78 is 25.3. The van der Waals surface area contributed by atoms with Gasteiger partial charge in [-0.05, 0) is 49.1 Å². The molecule has 2 aromatic rings. The van der Waals surface area contributed by atoms with E-state index >= 15 is 0 Å². The predicted octanol–water partition coefficient (Wildman–Crippen LogP) is 3.66. The summed E-state index contributed by atoms with van der Waals surface area (Å²) in [4.78, 5) is 27.5. The fourth-order valence-electron chi connectivity index (χ4n) is 4.92. The quantitative estimate of drug-likeness (QED) is 0.745. The van der Waals surface area contributed by atoms with E-state index in [-0.39, 0.29) is 23.5 Å². The minimum absolute atomic E-state index is 0.0216. The van der Waals surface area contributed by atoms with E-state index in [9.17, 15) is 14.0 Å². The van der Waals surface area contributed by atoms with Crippen molar-refractivity contribution in [2.75, 3.05) is 20.2 Å². The number of benzene rings is 2. The molecule has 0 radical (unpaired) electrons. The number of rotatable bonds is 6. The predicted molar refractivity (Wildman–Crippen MR) is 118 cm³/mol. The van der Waals surface area contributed by atoms with Gasteiger partial charge >= 0.3 is 0 Å². The van der Waals surface area contributed by atoms with Crippen molar-refractivity contribution < 1.29 is 23.5 Å². The molecule has 2 heterocycles. The molecule has 3 atom stereocenters. The second kappa shape index (κ2) is 9.18. The summed E-state index contributed by atoms with van der Waals surface area (Å²) >= 11 is 0. The van der Waals surface area contributed by atoms with Gasteiger partial charge in [-0.2, -0.15) is 0 Å². The zero-order chi connectivity index (χ0) is 22.7. The molecule has 2 aliphatic rings. The average Bonchev–Trinajstić information content (AvgIpc) is 3.15. The van der Waals surface area contributed by atoms with Crippen LogP contribution in [0.1, 0.15) is 44.1 Å². The Morgan fingerprint density at radius 3 is 2.75 bits per heavy atom. The van der Waals surface area contributed by atoms with E-state index in [1.165, 1.54) is 12.1 Å². The van der Waals surface area contributed by atoms with Crippen molar-refractivity contribution in [3.63, 3.8) is 0 Å². The van der Waals surface area contributed by atoms with Crippen LogP contribution in [0.3, 0.4) is 0 Å².